The minimum atomic E-state index is 0.0254. The van der Waals surface area contributed by atoms with Gasteiger partial charge in [-0.05, 0) is 53.0 Å². The van der Waals surface area contributed by atoms with Crippen LogP contribution in [0.5, 0.6) is 0 Å². The standard InChI is InChI=1S/C17H18BrNO/c1-12-4-7-14(8-5-12)11-19(3)17(20)15-9-6-13(2)10-16(15)18/h4-10H,11H2,1-3H3. The second kappa shape index (κ2) is 6.23. The summed E-state index contributed by atoms with van der Waals surface area (Å²) in [6, 6.07) is 14.0. The van der Waals surface area contributed by atoms with Gasteiger partial charge in [-0.15, -0.1) is 0 Å². The minimum Gasteiger partial charge on any atom is -0.337 e. The minimum absolute atomic E-state index is 0.0254. The molecule has 0 N–H and O–H groups in total. The first-order valence-electron chi connectivity index (χ1n) is 6.54. The molecule has 104 valence electrons. The van der Waals surface area contributed by atoms with Crippen molar-refractivity contribution >= 4 is 21.8 Å². The topological polar surface area (TPSA) is 20.3 Å². The monoisotopic (exact) mass is 331 g/mol. The molecule has 0 saturated heterocycles. The smallest absolute Gasteiger partial charge is 0.255 e. The van der Waals surface area contributed by atoms with E-state index in [1.165, 1.54) is 5.56 Å². The van der Waals surface area contributed by atoms with Crippen molar-refractivity contribution in [1.82, 2.24) is 4.90 Å². The van der Waals surface area contributed by atoms with Gasteiger partial charge in [-0.25, -0.2) is 0 Å². The third-order valence-corrected chi connectivity index (χ3v) is 3.90. The number of nitrogens with zero attached hydrogens (tertiary/aromatic N) is 1. The summed E-state index contributed by atoms with van der Waals surface area (Å²) < 4.78 is 0.846. The van der Waals surface area contributed by atoms with Gasteiger partial charge in [0.05, 0.1) is 5.56 Å². The fourth-order valence-electron chi connectivity index (χ4n) is 2.04. The number of hydrogen-bond acceptors (Lipinski definition) is 1. The highest BCUT2D eigenvalue weighted by molar-refractivity contribution is 9.10. The van der Waals surface area contributed by atoms with Crippen molar-refractivity contribution in [3.05, 3.63) is 69.2 Å². The van der Waals surface area contributed by atoms with Crippen molar-refractivity contribution in [2.45, 2.75) is 20.4 Å². The zero-order valence-corrected chi connectivity index (χ0v) is 13.6. The van der Waals surface area contributed by atoms with Gasteiger partial charge >= 0.3 is 0 Å². The number of halogens is 1. The quantitative estimate of drug-likeness (QED) is 0.819. The molecule has 0 aliphatic carbocycles. The molecule has 0 spiro atoms. The van der Waals surface area contributed by atoms with E-state index in [-0.39, 0.29) is 5.91 Å². The zero-order chi connectivity index (χ0) is 14.7. The Hall–Kier alpha value is -1.61. The summed E-state index contributed by atoms with van der Waals surface area (Å²) in [6.45, 7) is 4.68. The van der Waals surface area contributed by atoms with Crippen molar-refractivity contribution in [1.29, 1.82) is 0 Å². The van der Waals surface area contributed by atoms with E-state index in [9.17, 15) is 4.79 Å². The fraction of sp³-hybridized carbons (Fsp3) is 0.235. The van der Waals surface area contributed by atoms with Gasteiger partial charge in [-0.3, -0.25) is 4.79 Å². The maximum absolute atomic E-state index is 12.4. The Morgan fingerprint density at radius 2 is 1.65 bits per heavy atom. The first-order valence-corrected chi connectivity index (χ1v) is 7.34. The summed E-state index contributed by atoms with van der Waals surface area (Å²) in [7, 11) is 1.83. The molecular formula is C17H18BrNO. The Balaban J connectivity index is 2.14. The second-order valence-corrected chi connectivity index (χ2v) is 5.98. The van der Waals surface area contributed by atoms with Crippen LogP contribution in [0.25, 0.3) is 0 Å². The number of aryl methyl sites for hydroxylation is 2. The highest BCUT2D eigenvalue weighted by Crippen LogP contribution is 2.20. The molecule has 0 bridgehead atoms. The maximum atomic E-state index is 12.4. The number of carbonyl (C=O) groups excluding carboxylic acids is 1. The molecule has 2 aromatic rings. The van der Waals surface area contributed by atoms with Crippen molar-refractivity contribution in [2.75, 3.05) is 7.05 Å². The molecule has 2 rings (SSSR count). The van der Waals surface area contributed by atoms with Crippen LogP contribution in [0.1, 0.15) is 27.0 Å². The van der Waals surface area contributed by atoms with Gasteiger partial charge in [0.1, 0.15) is 0 Å². The lowest BCUT2D eigenvalue weighted by atomic mass is 10.1. The Bertz CT molecular complexity index is 619. The van der Waals surface area contributed by atoms with Crippen LogP contribution in [0.2, 0.25) is 0 Å². The Kier molecular flexibility index (Phi) is 4.61. The molecule has 1 amide bonds. The van der Waals surface area contributed by atoms with Crippen LogP contribution >= 0.6 is 15.9 Å². The lowest BCUT2D eigenvalue weighted by Gasteiger charge is -2.18. The molecule has 0 fully saturated rings. The molecule has 2 nitrogen and oxygen atoms in total. The van der Waals surface area contributed by atoms with Crippen molar-refractivity contribution in [3.8, 4) is 0 Å². The van der Waals surface area contributed by atoms with Crippen LogP contribution in [0.15, 0.2) is 46.9 Å². The molecule has 0 saturated carbocycles. The molecule has 20 heavy (non-hydrogen) atoms. The second-order valence-electron chi connectivity index (χ2n) is 5.13. The van der Waals surface area contributed by atoms with Gasteiger partial charge in [-0.2, -0.15) is 0 Å². The number of amides is 1. The average Bonchev–Trinajstić information content (AvgIpc) is 2.40. The van der Waals surface area contributed by atoms with E-state index < -0.39 is 0 Å². The summed E-state index contributed by atoms with van der Waals surface area (Å²) in [5.74, 6) is 0.0254. The van der Waals surface area contributed by atoms with Gasteiger partial charge < -0.3 is 4.90 Å². The Labute approximate surface area is 128 Å². The van der Waals surface area contributed by atoms with Crippen LogP contribution < -0.4 is 0 Å². The SMILES string of the molecule is Cc1ccc(CN(C)C(=O)c2ccc(C)cc2Br)cc1. The van der Waals surface area contributed by atoms with E-state index in [0.29, 0.717) is 12.1 Å². The third-order valence-electron chi connectivity index (χ3n) is 3.24. The summed E-state index contributed by atoms with van der Waals surface area (Å²) in [4.78, 5) is 14.2. The first kappa shape index (κ1) is 14.8. The van der Waals surface area contributed by atoms with E-state index in [4.69, 9.17) is 0 Å². The van der Waals surface area contributed by atoms with Crippen LogP contribution in [0.4, 0.5) is 0 Å². The molecule has 0 heterocycles. The highest BCUT2D eigenvalue weighted by Gasteiger charge is 2.15. The van der Waals surface area contributed by atoms with E-state index in [2.05, 4.69) is 47.1 Å². The van der Waals surface area contributed by atoms with Crippen LogP contribution in [0, 0.1) is 13.8 Å². The van der Waals surface area contributed by atoms with Crippen LogP contribution in [-0.4, -0.2) is 17.9 Å². The molecule has 2 aromatic carbocycles. The number of hydrogen-bond donors (Lipinski definition) is 0. The summed E-state index contributed by atoms with van der Waals surface area (Å²) in [5, 5.41) is 0. The lowest BCUT2D eigenvalue weighted by molar-refractivity contribution is 0.0784. The number of benzene rings is 2. The molecule has 0 unspecified atom stereocenters. The molecule has 0 aliphatic rings. The molecule has 0 aliphatic heterocycles. The average molecular weight is 332 g/mol. The highest BCUT2D eigenvalue weighted by atomic mass is 79.9. The summed E-state index contributed by atoms with van der Waals surface area (Å²) >= 11 is 3.46. The van der Waals surface area contributed by atoms with E-state index >= 15 is 0 Å². The van der Waals surface area contributed by atoms with Gasteiger partial charge in [-0.1, -0.05) is 35.9 Å². The first-order chi connectivity index (χ1) is 9.47. The predicted molar refractivity (Wildman–Crippen MR) is 85.9 cm³/mol. The van der Waals surface area contributed by atoms with E-state index in [1.807, 2.05) is 32.2 Å². The van der Waals surface area contributed by atoms with Gasteiger partial charge in [0.2, 0.25) is 0 Å². The predicted octanol–water partition coefficient (Wildman–Crippen LogP) is 4.34. The number of carbonyl (C=O) groups is 1. The van der Waals surface area contributed by atoms with Crippen molar-refractivity contribution in [2.24, 2.45) is 0 Å². The van der Waals surface area contributed by atoms with Crippen molar-refractivity contribution < 1.29 is 4.79 Å². The Morgan fingerprint density at radius 3 is 2.25 bits per heavy atom. The largest absolute Gasteiger partial charge is 0.337 e. The zero-order valence-electron chi connectivity index (χ0n) is 12.0. The van der Waals surface area contributed by atoms with E-state index in [1.54, 1.807) is 4.90 Å². The summed E-state index contributed by atoms with van der Waals surface area (Å²) in [6.07, 6.45) is 0. The van der Waals surface area contributed by atoms with Gasteiger partial charge in [0, 0.05) is 18.1 Å². The summed E-state index contributed by atoms with van der Waals surface area (Å²) in [5.41, 5.74) is 4.19. The fourth-order valence-corrected chi connectivity index (χ4v) is 2.70. The molecule has 3 heteroatoms. The Morgan fingerprint density at radius 1 is 1.05 bits per heavy atom. The molecular weight excluding hydrogens is 314 g/mol. The molecule has 0 aromatic heterocycles. The normalized spacial score (nSPS) is 10.4. The molecule has 0 radical (unpaired) electrons. The molecule has 0 atom stereocenters. The van der Waals surface area contributed by atoms with Crippen molar-refractivity contribution in [3.63, 3.8) is 0 Å². The van der Waals surface area contributed by atoms with Crippen LogP contribution in [-0.2, 0) is 6.54 Å². The maximum Gasteiger partial charge on any atom is 0.255 e. The number of rotatable bonds is 3. The van der Waals surface area contributed by atoms with Crippen LogP contribution in [0.3, 0.4) is 0 Å². The van der Waals surface area contributed by atoms with Gasteiger partial charge in [0.15, 0.2) is 0 Å². The third kappa shape index (κ3) is 3.48. The van der Waals surface area contributed by atoms with E-state index in [0.717, 1.165) is 15.6 Å². The van der Waals surface area contributed by atoms with Gasteiger partial charge in [0.25, 0.3) is 5.91 Å². The lowest BCUT2D eigenvalue weighted by Crippen LogP contribution is -2.26.